The third kappa shape index (κ3) is 1.61. The highest BCUT2D eigenvalue weighted by Gasteiger charge is 2.24. The van der Waals surface area contributed by atoms with Gasteiger partial charge in [0.25, 0.3) is 0 Å². The predicted molar refractivity (Wildman–Crippen MR) is 119 cm³/mol. The van der Waals surface area contributed by atoms with Crippen LogP contribution in [0.4, 0.5) is 0 Å². The Balaban J connectivity index is 1.98. The van der Waals surface area contributed by atoms with Crippen LogP contribution in [-0.4, -0.2) is 22.2 Å². The molecule has 7 rings (SSSR count). The summed E-state index contributed by atoms with van der Waals surface area (Å²) in [6.45, 7) is 0. The third-order valence-corrected chi connectivity index (χ3v) is 6.58. The topological polar surface area (TPSA) is 74.6 Å². The second kappa shape index (κ2) is 4.86. The maximum atomic E-state index is 12.0. The Morgan fingerprint density at radius 3 is 1.20 bits per heavy atom. The molecule has 0 saturated carbocycles. The quantitative estimate of drug-likeness (QED) is 0.269. The molecule has 0 radical (unpaired) electrons. The fraction of sp³-hybridized carbons (Fsp3) is 0. The Labute approximate surface area is 168 Å². The number of aromatic carboxylic acids is 2. The van der Waals surface area contributed by atoms with Gasteiger partial charge in [0, 0.05) is 0 Å². The minimum Gasteiger partial charge on any atom is -0.478 e. The van der Waals surface area contributed by atoms with Crippen LogP contribution < -0.4 is 0 Å². The van der Waals surface area contributed by atoms with Gasteiger partial charge in [-0.2, -0.15) is 0 Å². The Morgan fingerprint density at radius 1 is 0.467 bits per heavy atom. The molecule has 7 aromatic carbocycles. The van der Waals surface area contributed by atoms with Crippen LogP contribution in [0.15, 0.2) is 60.7 Å². The molecular formula is C26H12O4. The molecule has 0 spiro atoms. The summed E-state index contributed by atoms with van der Waals surface area (Å²) in [5, 5.41) is 30.8. The summed E-state index contributed by atoms with van der Waals surface area (Å²) in [7, 11) is 0. The molecule has 0 aromatic heterocycles. The van der Waals surface area contributed by atoms with Crippen LogP contribution in [0.5, 0.6) is 0 Å². The maximum absolute atomic E-state index is 12.0. The summed E-state index contributed by atoms with van der Waals surface area (Å²) in [6.07, 6.45) is 0. The molecule has 140 valence electrons. The number of hydrogen-bond acceptors (Lipinski definition) is 2. The zero-order chi connectivity index (χ0) is 20.3. The van der Waals surface area contributed by atoms with E-state index in [-0.39, 0.29) is 11.1 Å². The molecule has 0 atom stereocenters. The van der Waals surface area contributed by atoms with Crippen molar-refractivity contribution in [1.29, 1.82) is 0 Å². The lowest BCUT2D eigenvalue weighted by molar-refractivity contribution is 0.0688. The fourth-order valence-electron chi connectivity index (χ4n) is 5.44. The van der Waals surface area contributed by atoms with Crippen molar-refractivity contribution in [3.63, 3.8) is 0 Å². The maximum Gasteiger partial charge on any atom is 0.336 e. The molecule has 0 heterocycles. The molecule has 0 aliphatic carbocycles. The van der Waals surface area contributed by atoms with Crippen LogP contribution in [0.2, 0.25) is 0 Å². The van der Waals surface area contributed by atoms with Gasteiger partial charge in [-0.25, -0.2) is 9.59 Å². The fourth-order valence-corrected chi connectivity index (χ4v) is 5.44. The largest absolute Gasteiger partial charge is 0.478 e. The first-order valence-electron chi connectivity index (χ1n) is 9.65. The highest BCUT2D eigenvalue weighted by molar-refractivity contribution is 6.46. The van der Waals surface area contributed by atoms with E-state index >= 15 is 0 Å². The van der Waals surface area contributed by atoms with E-state index in [0.29, 0.717) is 10.8 Å². The molecule has 0 bridgehead atoms. The van der Waals surface area contributed by atoms with Crippen LogP contribution in [0.3, 0.4) is 0 Å². The van der Waals surface area contributed by atoms with E-state index in [9.17, 15) is 19.8 Å². The number of rotatable bonds is 2. The van der Waals surface area contributed by atoms with Gasteiger partial charge in [0.05, 0.1) is 11.1 Å². The van der Waals surface area contributed by atoms with Crippen LogP contribution in [-0.2, 0) is 0 Å². The molecule has 7 aromatic rings. The molecule has 0 aliphatic heterocycles. The van der Waals surface area contributed by atoms with E-state index in [4.69, 9.17) is 0 Å². The summed E-state index contributed by atoms with van der Waals surface area (Å²) < 4.78 is 0. The number of carboxylic acids is 2. The molecule has 0 aliphatic rings. The van der Waals surface area contributed by atoms with Crippen LogP contribution >= 0.6 is 0 Å². The normalized spacial score (nSPS) is 12.5. The summed E-state index contributed by atoms with van der Waals surface area (Å²) >= 11 is 0. The summed E-state index contributed by atoms with van der Waals surface area (Å²) in [5.41, 5.74) is 0.571. The Bertz CT molecular complexity index is 1690. The van der Waals surface area contributed by atoms with Gasteiger partial charge in [0.2, 0.25) is 0 Å². The number of hydrogen-bond donors (Lipinski definition) is 2. The average Bonchev–Trinajstić information content (AvgIpc) is 2.75. The van der Waals surface area contributed by atoms with Gasteiger partial charge in [-0.1, -0.05) is 48.5 Å². The molecule has 4 heteroatoms. The zero-order valence-corrected chi connectivity index (χ0v) is 15.5. The van der Waals surface area contributed by atoms with Crippen LogP contribution in [0.25, 0.3) is 64.6 Å². The van der Waals surface area contributed by atoms with Crippen LogP contribution in [0, 0.1) is 0 Å². The average molecular weight is 388 g/mol. The molecule has 0 unspecified atom stereocenters. The van der Waals surface area contributed by atoms with E-state index in [2.05, 4.69) is 0 Å². The van der Waals surface area contributed by atoms with Gasteiger partial charge in [0.1, 0.15) is 0 Å². The minimum atomic E-state index is -0.950. The summed E-state index contributed by atoms with van der Waals surface area (Å²) in [5.74, 6) is -1.90. The van der Waals surface area contributed by atoms with Crippen molar-refractivity contribution in [3.8, 4) is 0 Å². The second-order valence-corrected chi connectivity index (χ2v) is 7.96. The SMILES string of the molecule is O=C(O)c1cc2ccc3ccc4c(C(=O)O)cc5ccc6ccc1c1c6c5c4c3c21. The van der Waals surface area contributed by atoms with Crippen molar-refractivity contribution < 1.29 is 19.8 Å². The van der Waals surface area contributed by atoms with Crippen molar-refractivity contribution in [2.75, 3.05) is 0 Å². The molecule has 0 fully saturated rings. The lowest BCUT2D eigenvalue weighted by Crippen LogP contribution is -2.02. The zero-order valence-electron chi connectivity index (χ0n) is 15.5. The van der Waals surface area contributed by atoms with Crippen molar-refractivity contribution in [2.45, 2.75) is 0 Å². The Kier molecular flexibility index (Phi) is 2.55. The number of carboxylic acid groups (broad SMARTS) is 2. The molecule has 0 saturated heterocycles. The van der Waals surface area contributed by atoms with Gasteiger partial charge in [0.15, 0.2) is 0 Å². The molecule has 4 nitrogen and oxygen atoms in total. The van der Waals surface area contributed by atoms with Crippen molar-refractivity contribution in [3.05, 3.63) is 71.8 Å². The monoisotopic (exact) mass is 388 g/mol. The standard InChI is InChI=1S/C26H12O4/c27-25(28)17-9-13-3-1-11-5-7-15-18(26(29)30)10-14-4-2-12-6-8-16(17)24-20(12)22(14)23(15)19(11)21(13)24/h1-10H,(H,27,28)(H,29,30). The Hall–Kier alpha value is -4.18. The molecular weight excluding hydrogens is 376 g/mol. The van der Waals surface area contributed by atoms with E-state index in [1.807, 2.05) is 48.5 Å². The molecule has 2 N–H and O–H groups in total. The predicted octanol–water partition coefficient (Wildman–Crippen LogP) is 6.32. The Morgan fingerprint density at radius 2 is 0.800 bits per heavy atom. The highest BCUT2D eigenvalue weighted by Crippen LogP contribution is 2.49. The van der Waals surface area contributed by atoms with Gasteiger partial charge in [-0.15, -0.1) is 0 Å². The van der Waals surface area contributed by atoms with Crippen molar-refractivity contribution in [1.82, 2.24) is 0 Å². The van der Waals surface area contributed by atoms with Gasteiger partial charge in [-0.05, 0) is 76.8 Å². The second-order valence-electron chi connectivity index (χ2n) is 7.96. The summed E-state index contributed by atoms with van der Waals surface area (Å²) in [6, 6.07) is 19.1. The third-order valence-electron chi connectivity index (χ3n) is 6.58. The van der Waals surface area contributed by atoms with E-state index < -0.39 is 11.9 Å². The first-order chi connectivity index (χ1) is 14.5. The molecule has 0 amide bonds. The molecule has 30 heavy (non-hydrogen) atoms. The minimum absolute atomic E-state index is 0.286. The lowest BCUT2D eigenvalue weighted by Gasteiger charge is -2.22. The van der Waals surface area contributed by atoms with Gasteiger partial charge in [-0.3, -0.25) is 0 Å². The first-order valence-corrected chi connectivity index (χ1v) is 9.65. The van der Waals surface area contributed by atoms with Crippen LogP contribution in [0.1, 0.15) is 20.7 Å². The summed E-state index contributed by atoms with van der Waals surface area (Å²) in [4.78, 5) is 24.1. The number of carbonyl (C=O) groups is 2. The van der Waals surface area contributed by atoms with Gasteiger partial charge < -0.3 is 10.2 Å². The smallest absolute Gasteiger partial charge is 0.336 e. The van der Waals surface area contributed by atoms with Crippen molar-refractivity contribution >= 4 is 76.6 Å². The van der Waals surface area contributed by atoms with E-state index in [0.717, 1.165) is 53.9 Å². The highest BCUT2D eigenvalue weighted by atomic mass is 16.4. The van der Waals surface area contributed by atoms with E-state index in [1.54, 1.807) is 12.1 Å². The van der Waals surface area contributed by atoms with E-state index in [1.165, 1.54) is 0 Å². The number of benzene rings is 7. The van der Waals surface area contributed by atoms with Crippen molar-refractivity contribution in [2.24, 2.45) is 0 Å². The lowest BCUT2D eigenvalue weighted by atomic mass is 9.81. The first kappa shape index (κ1) is 15.7. The van der Waals surface area contributed by atoms with Gasteiger partial charge >= 0.3 is 11.9 Å².